The predicted octanol–water partition coefficient (Wildman–Crippen LogP) is 4.52. The molecule has 104 valence electrons. The van der Waals surface area contributed by atoms with Crippen molar-refractivity contribution in [2.75, 3.05) is 11.9 Å². The van der Waals surface area contributed by atoms with E-state index in [-0.39, 0.29) is 0 Å². The van der Waals surface area contributed by atoms with E-state index in [0.29, 0.717) is 10.1 Å². The van der Waals surface area contributed by atoms with Gasteiger partial charge in [-0.3, -0.25) is 0 Å². The SMILES string of the molecule is S=C(NCCc1cccc(Cl)c1)Nc1cccc(Cl)c1. The molecule has 0 amide bonds. The van der Waals surface area contributed by atoms with E-state index in [4.69, 9.17) is 35.4 Å². The van der Waals surface area contributed by atoms with Crippen LogP contribution in [0.25, 0.3) is 0 Å². The van der Waals surface area contributed by atoms with Crippen LogP contribution in [0.4, 0.5) is 5.69 Å². The van der Waals surface area contributed by atoms with E-state index in [1.54, 1.807) is 0 Å². The second kappa shape index (κ2) is 7.48. The molecule has 20 heavy (non-hydrogen) atoms. The van der Waals surface area contributed by atoms with E-state index in [0.717, 1.165) is 23.7 Å². The summed E-state index contributed by atoms with van der Waals surface area (Å²) in [5, 5.41) is 8.25. The number of thiocarbonyl (C=S) groups is 1. The number of anilines is 1. The highest BCUT2D eigenvalue weighted by Gasteiger charge is 1.99. The molecule has 0 saturated carbocycles. The highest BCUT2D eigenvalue weighted by atomic mass is 35.5. The number of benzene rings is 2. The van der Waals surface area contributed by atoms with Crippen molar-refractivity contribution in [2.45, 2.75) is 6.42 Å². The zero-order valence-corrected chi connectivity index (χ0v) is 13.0. The Morgan fingerprint density at radius 1 is 1.00 bits per heavy atom. The van der Waals surface area contributed by atoms with Gasteiger partial charge in [-0.2, -0.15) is 0 Å². The summed E-state index contributed by atoms with van der Waals surface area (Å²) in [6.07, 6.45) is 0.859. The molecule has 0 heterocycles. The van der Waals surface area contributed by atoms with Crippen LogP contribution >= 0.6 is 35.4 Å². The highest BCUT2D eigenvalue weighted by molar-refractivity contribution is 7.80. The minimum absolute atomic E-state index is 0.578. The first-order valence-electron chi connectivity index (χ1n) is 6.18. The van der Waals surface area contributed by atoms with Crippen LogP contribution in [0.2, 0.25) is 10.0 Å². The predicted molar refractivity (Wildman–Crippen MR) is 90.8 cm³/mol. The Kier molecular flexibility index (Phi) is 5.65. The molecule has 2 rings (SSSR count). The van der Waals surface area contributed by atoms with Crippen LogP contribution in [0.15, 0.2) is 48.5 Å². The molecule has 2 N–H and O–H groups in total. The molecule has 2 aromatic rings. The molecule has 0 aliphatic rings. The van der Waals surface area contributed by atoms with Gasteiger partial charge in [-0.15, -0.1) is 0 Å². The van der Waals surface area contributed by atoms with E-state index >= 15 is 0 Å². The smallest absolute Gasteiger partial charge is 0.170 e. The van der Waals surface area contributed by atoms with Crippen molar-refractivity contribution in [3.63, 3.8) is 0 Å². The minimum atomic E-state index is 0.578. The van der Waals surface area contributed by atoms with Gasteiger partial charge in [0.15, 0.2) is 5.11 Å². The van der Waals surface area contributed by atoms with E-state index in [9.17, 15) is 0 Å². The molecule has 0 aliphatic heterocycles. The van der Waals surface area contributed by atoms with Crippen LogP contribution in [0.3, 0.4) is 0 Å². The lowest BCUT2D eigenvalue weighted by Gasteiger charge is -2.10. The number of nitrogens with one attached hydrogen (secondary N) is 2. The van der Waals surface area contributed by atoms with Crippen molar-refractivity contribution >= 4 is 46.2 Å². The van der Waals surface area contributed by atoms with Crippen molar-refractivity contribution in [2.24, 2.45) is 0 Å². The van der Waals surface area contributed by atoms with Gasteiger partial charge in [-0.25, -0.2) is 0 Å². The molecule has 0 saturated heterocycles. The quantitative estimate of drug-likeness (QED) is 0.808. The summed E-state index contributed by atoms with van der Waals surface area (Å²) in [5.41, 5.74) is 2.05. The lowest BCUT2D eigenvalue weighted by Crippen LogP contribution is -2.30. The van der Waals surface area contributed by atoms with Crippen molar-refractivity contribution in [1.82, 2.24) is 5.32 Å². The van der Waals surface area contributed by atoms with Gasteiger partial charge < -0.3 is 10.6 Å². The zero-order chi connectivity index (χ0) is 14.4. The normalized spacial score (nSPS) is 10.1. The Morgan fingerprint density at radius 2 is 1.70 bits per heavy atom. The second-order valence-electron chi connectivity index (χ2n) is 4.27. The van der Waals surface area contributed by atoms with Gasteiger partial charge in [0.05, 0.1) is 0 Å². The van der Waals surface area contributed by atoms with Gasteiger partial charge in [0.2, 0.25) is 0 Å². The highest BCUT2D eigenvalue weighted by Crippen LogP contribution is 2.14. The van der Waals surface area contributed by atoms with Gasteiger partial charge in [-0.1, -0.05) is 41.4 Å². The summed E-state index contributed by atoms with van der Waals surface area (Å²) in [5.74, 6) is 0. The maximum absolute atomic E-state index is 5.94. The van der Waals surface area contributed by atoms with Crippen LogP contribution in [0.5, 0.6) is 0 Å². The molecule has 0 radical (unpaired) electrons. The Morgan fingerprint density at radius 3 is 2.40 bits per heavy atom. The fourth-order valence-corrected chi connectivity index (χ4v) is 2.38. The molecule has 0 unspecified atom stereocenters. The Bertz CT molecular complexity index is 602. The molecule has 0 spiro atoms. The van der Waals surface area contributed by atoms with Gasteiger partial charge in [0.25, 0.3) is 0 Å². The van der Waals surface area contributed by atoms with Gasteiger partial charge in [0, 0.05) is 22.3 Å². The fourth-order valence-electron chi connectivity index (χ4n) is 1.75. The number of rotatable bonds is 4. The first kappa shape index (κ1) is 15.1. The Labute approximate surface area is 134 Å². The van der Waals surface area contributed by atoms with E-state index in [1.165, 1.54) is 5.56 Å². The second-order valence-corrected chi connectivity index (χ2v) is 5.55. The molecule has 0 fully saturated rings. The monoisotopic (exact) mass is 324 g/mol. The third kappa shape index (κ3) is 5.00. The molecule has 5 heteroatoms. The lowest BCUT2D eigenvalue weighted by atomic mass is 10.1. The first-order chi connectivity index (χ1) is 9.63. The number of halogens is 2. The Balaban J connectivity index is 1.78. The number of hydrogen-bond donors (Lipinski definition) is 2. The standard InChI is InChI=1S/C15H14Cl2N2S/c16-12-4-1-3-11(9-12)7-8-18-15(20)19-14-6-2-5-13(17)10-14/h1-6,9-10H,7-8H2,(H2,18,19,20). The lowest BCUT2D eigenvalue weighted by molar-refractivity contribution is 0.873. The van der Waals surface area contributed by atoms with Crippen molar-refractivity contribution < 1.29 is 0 Å². The average Bonchev–Trinajstić information content (AvgIpc) is 2.38. The van der Waals surface area contributed by atoms with Crippen molar-refractivity contribution in [3.8, 4) is 0 Å². The molecule has 0 aromatic heterocycles. The summed E-state index contributed by atoms with van der Waals surface area (Å²) in [6, 6.07) is 15.2. The summed E-state index contributed by atoms with van der Waals surface area (Å²) < 4.78 is 0. The first-order valence-corrected chi connectivity index (χ1v) is 7.35. The van der Waals surface area contributed by atoms with E-state index in [2.05, 4.69) is 10.6 Å². The van der Waals surface area contributed by atoms with Crippen LogP contribution in [0.1, 0.15) is 5.56 Å². The summed E-state index contributed by atoms with van der Waals surface area (Å²) in [7, 11) is 0. The summed E-state index contributed by atoms with van der Waals surface area (Å²) in [4.78, 5) is 0. The number of hydrogen-bond acceptors (Lipinski definition) is 1. The molecule has 2 aromatic carbocycles. The van der Waals surface area contributed by atoms with Gasteiger partial charge in [0.1, 0.15) is 0 Å². The average molecular weight is 325 g/mol. The van der Waals surface area contributed by atoms with Crippen LogP contribution in [0, 0.1) is 0 Å². The fraction of sp³-hybridized carbons (Fsp3) is 0.133. The molecule has 2 nitrogen and oxygen atoms in total. The molecule has 0 bridgehead atoms. The van der Waals surface area contributed by atoms with Gasteiger partial charge >= 0.3 is 0 Å². The van der Waals surface area contributed by atoms with E-state index < -0.39 is 0 Å². The molecular weight excluding hydrogens is 311 g/mol. The molecule has 0 aliphatic carbocycles. The third-order valence-corrected chi connectivity index (χ3v) is 3.39. The third-order valence-electron chi connectivity index (χ3n) is 2.67. The van der Waals surface area contributed by atoms with Crippen LogP contribution in [-0.2, 0) is 6.42 Å². The maximum atomic E-state index is 5.94. The largest absolute Gasteiger partial charge is 0.362 e. The summed E-state index contributed by atoms with van der Waals surface area (Å²) >= 11 is 17.1. The van der Waals surface area contributed by atoms with Gasteiger partial charge in [-0.05, 0) is 54.5 Å². The molecule has 0 atom stereocenters. The zero-order valence-electron chi connectivity index (χ0n) is 10.7. The topological polar surface area (TPSA) is 24.1 Å². The van der Waals surface area contributed by atoms with Crippen LogP contribution < -0.4 is 10.6 Å². The maximum Gasteiger partial charge on any atom is 0.170 e. The van der Waals surface area contributed by atoms with Crippen LogP contribution in [-0.4, -0.2) is 11.7 Å². The Hall–Kier alpha value is -1.29. The van der Waals surface area contributed by atoms with E-state index in [1.807, 2.05) is 48.5 Å². The van der Waals surface area contributed by atoms with Crippen molar-refractivity contribution in [1.29, 1.82) is 0 Å². The molecular formula is C15H14Cl2N2S. The minimum Gasteiger partial charge on any atom is -0.362 e. The van der Waals surface area contributed by atoms with Crippen molar-refractivity contribution in [3.05, 3.63) is 64.1 Å². The summed E-state index contributed by atoms with van der Waals surface area (Å²) in [6.45, 7) is 0.743.